The highest BCUT2D eigenvalue weighted by Crippen LogP contribution is 2.10. The van der Waals surface area contributed by atoms with E-state index in [0.29, 0.717) is 5.56 Å². The highest BCUT2D eigenvalue weighted by molar-refractivity contribution is 5.92. The van der Waals surface area contributed by atoms with Crippen molar-refractivity contribution < 1.29 is 19.4 Å². The van der Waals surface area contributed by atoms with Gasteiger partial charge in [0.1, 0.15) is 0 Å². The molecule has 0 saturated carbocycles. The van der Waals surface area contributed by atoms with E-state index in [4.69, 9.17) is 0 Å². The molecule has 0 unspecified atom stereocenters. The molecule has 1 rings (SSSR count). The van der Waals surface area contributed by atoms with Crippen LogP contribution in [-0.4, -0.2) is 19.0 Å². The van der Waals surface area contributed by atoms with E-state index in [1.165, 1.54) is 13.2 Å². The third kappa shape index (κ3) is 2.32. The van der Waals surface area contributed by atoms with Gasteiger partial charge < -0.3 is 4.74 Å². The van der Waals surface area contributed by atoms with Crippen LogP contribution in [0.25, 0.3) is 0 Å². The molecule has 1 aromatic carbocycles. The maximum atomic E-state index is 11.2. The van der Waals surface area contributed by atoms with Gasteiger partial charge in [-0.2, -0.15) is 0 Å². The van der Waals surface area contributed by atoms with E-state index in [1.807, 2.05) is 0 Å². The minimum atomic E-state index is -1.22. The lowest BCUT2D eigenvalue weighted by atomic mass is 10.1. The molecule has 1 radical (unpaired) electrons. The highest BCUT2D eigenvalue weighted by Gasteiger charge is 2.13. The Hall–Kier alpha value is -1.84. The van der Waals surface area contributed by atoms with Gasteiger partial charge in [0.2, 0.25) is 0 Å². The van der Waals surface area contributed by atoms with Gasteiger partial charge in [0.15, 0.2) is 0 Å². The number of hydrogen-bond donors (Lipinski definition) is 0. The fourth-order valence-corrected chi connectivity index (χ4v) is 1.14. The summed E-state index contributed by atoms with van der Waals surface area (Å²) < 4.78 is 4.51. The first-order chi connectivity index (χ1) is 6.65. The molecule has 0 bridgehead atoms. The quantitative estimate of drug-likeness (QED) is 0.672. The van der Waals surface area contributed by atoms with E-state index >= 15 is 0 Å². The van der Waals surface area contributed by atoms with E-state index in [0.717, 1.165) is 0 Å². The molecule has 0 aliphatic carbocycles. The van der Waals surface area contributed by atoms with Crippen molar-refractivity contribution in [3.63, 3.8) is 0 Å². The molecule has 0 saturated heterocycles. The average molecular weight is 193 g/mol. The lowest BCUT2D eigenvalue weighted by Gasteiger charge is -2.03. The molecular formula is C10H9O4. The molecular weight excluding hydrogens is 184 g/mol. The van der Waals surface area contributed by atoms with Gasteiger partial charge in [0.25, 0.3) is 0 Å². The number of hydrogen-bond acceptors (Lipinski definition) is 3. The Balaban J connectivity index is 3.02. The highest BCUT2D eigenvalue weighted by atomic mass is 16.5. The standard InChI is InChI=1S/C10H9O4/c1-14-10(13)8-5-3-2-4-7(8)6-9(11)12/h2-5H,6H2,1H3. The molecule has 0 aliphatic rings. The number of benzene rings is 1. The van der Waals surface area contributed by atoms with Crippen molar-refractivity contribution in [3.05, 3.63) is 35.4 Å². The first kappa shape index (κ1) is 10.2. The molecule has 4 heteroatoms. The van der Waals surface area contributed by atoms with Gasteiger partial charge >= 0.3 is 11.9 Å². The number of carbonyl (C=O) groups excluding carboxylic acids is 2. The van der Waals surface area contributed by atoms with Crippen molar-refractivity contribution >= 4 is 11.9 Å². The van der Waals surface area contributed by atoms with Crippen LogP contribution < -0.4 is 0 Å². The Morgan fingerprint density at radius 2 is 1.93 bits per heavy atom. The molecule has 0 aliphatic heterocycles. The molecule has 0 spiro atoms. The van der Waals surface area contributed by atoms with Crippen molar-refractivity contribution in [2.45, 2.75) is 6.42 Å². The van der Waals surface area contributed by atoms with Crippen LogP contribution in [0.2, 0.25) is 0 Å². The normalized spacial score (nSPS) is 9.50. The van der Waals surface area contributed by atoms with Gasteiger partial charge in [0.05, 0.1) is 19.1 Å². The van der Waals surface area contributed by atoms with Crippen LogP contribution >= 0.6 is 0 Å². The molecule has 0 heterocycles. The number of rotatable bonds is 3. The molecule has 4 nitrogen and oxygen atoms in total. The Bertz CT molecular complexity index is 357. The van der Waals surface area contributed by atoms with Gasteiger partial charge in [-0.05, 0) is 11.6 Å². The summed E-state index contributed by atoms with van der Waals surface area (Å²) in [6.45, 7) is 0. The summed E-state index contributed by atoms with van der Waals surface area (Å²) in [7, 11) is 1.25. The molecule has 0 atom stereocenters. The third-order valence-electron chi connectivity index (χ3n) is 1.76. The van der Waals surface area contributed by atoms with E-state index < -0.39 is 11.9 Å². The van der Waals surface area contributed by atoms with Gasteiger partial charge in [-0.1, -0.05) is 18.2 Å². The summed E-state index contributed by atoms with van der Waals surface area (Å²) in [5.74, 6) is -1.76. The predicted molar refractivity (Wildman–Crippen MR) is 47.2 cm³/mol. The Kier molecular flexibility index (Phi) is 3.23. The second-order valence-corrected chi connectivity index (χ2v) is 2.70. The van der Waals surface area contributed by atoms with Crippen molar-refractivity contribution in [1.82, 2.24) is 0 Å². The topological polar surface area (TPSA) is 63.3 Å². The SMILES string of the molecule is COC(=O)c1ccccc1CC([O])=O. The van der Waals surface area contributed by atoms with E-state index in [-0.39, 0.29) is 12.0 Å². The minimum absolute atomic E-state index is 0.263. The molecule has 0 aromatic heterocycles. The average Bonchev–Trinajstić information content (AvgIpc) is 2.16. The maximum Gasteiger partial charge on any atom is 0.359 e. The lowest BCUT2D eigenvalue weighted by molar-refractivity contribution is -0.142. The van der Waals surface area contributed by atoms with Crippen molar-refractivity contribution in [2.75, 3.05) is 7.11 Å². The fraction of sp³-hybridized carbons (Fsp3) is 0.200. The zero-order chi connectivity index (χ0) is 10.6. The number of ether oxygens (including phenoxy) is 1. The summed E-state index contributed by atoms with van der Waals surface area (Å²) in [6, 6.07) is 6.38. The van der Waals surface area contributed by atoms with E-state index in [1.54, 1.807) is 18.2 Å². The van der Waals surface area contributed by atoms with Gasteiger partial charge in [-0.25, -0.2) is 14.7 Å². The molecule has 1 aromatic rings. The molecule has 14 heavy (non-hydrogen) atoms. The number of methoxy groups -OCH3 is 1. The summed E-state index contributed by atoms with van der Waals surface area (Å²) in [5.41, 5.74) is 0.665. The van der Waals surface area contributed by atoms with Crippen LogP contribution in [-0.2, 0) is 21.1 Å². The summed E-state index contributed by atoms with van der Waals surface area (Å²) in [6.07, 6.45) is -0.286. The second kappa shape index (κ2) is 4.41. The molecule has 0 amide bonds. The Morgan fingerprint density at radius 3 is 2.50 bits per heavy atom. The zero-order valence-electron chi connectivity index (χ0n) is 7.65. The minimum Gasteiger partial charge on any atom is -0.465 e. The van der Waals surface area contributed by atoms with Crippen molar-refractivity contribution in [2.24, 2.45) is 0 Å². The van der Waals surface area contributed by atoms with Crippen molar-refractivity contribution in [3.8, 4) is 0 Å². The van der Waals surface area contributed by atoms with Crippen LogP contribution in [0.5, 0.6) is 0 Å². The fourth-order valence-electron chi connectivity index (χ4n) is 1.14. The van der Waals surface area contributed by atoms with Crippen LogP contribution in [0, 0.1) is 0 Å². The lowest BCUT2D eigenvalue weighted by Crippen LogP contribution is -2.08. The van der Waals surface area contributed by atoms with Crippen LogP contribution in [0.3, 0.4) is 0 Å². The first-order valence-corrected chi connectivity index (χ1v) is 4.01. The molecule has 73 valence electrons. The van der Waals surface area contributed by atoms with E-state index in [9.17, 15) is 14.7 Å². The third-order valence-corrected chi connectivity index (χ3v) is 1.76. The van der Waals surface area contributed by atoms with Crippen LogP contribution in [0.1, 0.15) is 15.9 Å². The molecule has 0 fully saturated rings. The van der Waals surface area contributed by atoms with Gasteiger partial charge in [-0.3, -0.25) is 0 Å². The molecule has 0 N–H and O–H groups in total. The largest absolute Gasteiger partial charge is 0.465 e. The van der Waals surface area contributed by atoms with Crippen molar-refractivity contribution in [1.29, 1.82) is 0 Å². The van der Waals surface area contributed by atoms with Gasteiger partial charge in [-0.15, -0.1) is 0 Å². The Labute approximate surface area is 81.1 Å². The summed E-state index contributed by atoms with van der Waals surface area (Å²) in [5, 5.41) is 10.4. The summed E-state index contributed by atoms with van der Waals surface area (Å²) in [4.78, 5) is 21.5. The predicted octanol–water partition coefficient (Wildman–Crippen LogP) is 0.973. The smallest absolute Gasteiger partial charge is 0.359 e. The first-order valence-electron chi connectivity index (χ1n) is 4.01. The van der Waals surface area contributed by atoms with Gasteiger partial charge in [0, 0.05) is 0 Å². The Morgan fingerprint density at radius 1 is 1.29 bits per heavy atom. The summed E-state index contributed by atoms with van der Waals surface area (Å²) >= 11 is 0. The monoisotopic (exact) mass is 193 g/mol. The maximum absolute atomic E-state index is 11.2. The number of esters is 1. The van der Waals surface area contributed by atoms with Crippen LogP contribution in [0.4, 0.5) is 0 Å². The number of carbonyl (C=O) groups is 2. The zero-order valence-corrected chi connectivity index (χ0v) is 7.65. The van der Waals surface area contributed by atoms with E-state index in [2.05, 4.69) is 4.74 Å². The van der Waals surface area contributed by atoms with Crippen LogP contribution in [0.15, 0.2) is 24.3 Å². The second-order valence-electron chi connectivity index (χ2n) is 2.70.